The highest BCUT2D eigenvalue weighted by Gasteiger charge is 2.18. The van der Waals surface area contributed by atoms with Gasteiger partial charge >= 0.3 is 5.97 Å². The van der Waals surface area contributed by atoms with E-state index in [2.05, 4.69) is 23.8 Å². The van der Waals surface area contributed by atoms with Crippen LogP contribution in [0.1, 0.15) is 30.9 Å². The Morgan fingerprint density at radius 1 is 1.14 bits per heavy atom. The average molecular weight is 396 g/mol. The van der Waals surface area contributed by atoms with Gasteiger partial charge in [-0.25, -0.2) is 4.39 Å². The van der Waals surface area contributed by atoms with Crippen LogP contribution in [0.4, 0.5) is 4.39 Å². The largest absolute Gasteiger partial charge is 0.480 e. The quantitative estimate of drug-likeness (QED) is 0.589. The number of aliphatic carboxylic acids is 1. The molecule has 5 nitrogen and oxygen atoms in total. The third kappa shape index (κ3) is 5.22. The molecule has 1 N–H and O–H groups in total. The molecule has 0 aliphatic heterocycles. The number of carboxylic acid groups (broad SMARTS) is 1. The van der Waals surface area contributed by atoms with Crippen molar-refractivity contribution >= 4 is 22.8 Å². The van der Waals surface area contributed by atoms with E-state index in [4.69, 9.17) is 0 Å². The van der Waals surface area contributed by atoms with Gasteiger partial charge < -0.3 is 14.6 Å². The summed E-state index contributed by atoms with van der Waals surface area (Å²) in [6.45, 7) is 2.68. The number of para-hydroxylation sites is 1. The van der Waals surface area contributed by atoms with Gasteiger partial charge in [-0.15, -0.1) is 0 Å². The molecule has 0 saturated heterocycles. The molecular weight excluding hydrogens is 371 g/mol. The van der Waals surface area contributed by atoms with Crippen LogP contribution in [0.2, 0.25) is 0 Å². The number of carbonyl (C=O) groups is 2. The number of benzene rings is 2. The van der Waals surface area contributed by atoms with Crippen molar-refractivity contribution in [1.29, 1.82) is 0 Å². The first-order valence-corrected chi connectivity index (χ1v) is 9.78. The van der Waals surface area contributed by atoms with Gasteiger partial charge in [-0.2, -0.15) is 0 Å². The fourth-order valence-corrected chi connectivity index (χ4v) is 3.60. The minimum absolute atomic E-state index is 0.0699. The number of fused-ring (bicyclic) bond motifs is 1. The van der Waals surface area contributed by atoms with Gasteiger partial charge in [0.15, 0.2) is 0 Å². The zero-order chi connectivity index (χ0) is 20.8. The summed E-state index contributed by atoms with van der Waals surface area (Å²) in [4.78, 5) is 25.3. The smallest absolute Gasteiger partial charge is 0.323 e. The van der Waals surface area contributed by atoms with Gasteiger partial charge in [-0.05, 0) is 42.2 Å². The summed E-state index contributed by atoms with van der Waals surface area (Å²) in [5, 5.41) is 10.3. The average Bonchev–Trinajstić information content (AvgIpc) is 3.03. The number of aryl methyl sites for hydroxylation is 2. The van der Waals surface area contributed by atoms with Crippen molar-refractivity contribution in [2.24, 2.45) is 0 Å². The molecule has 0 atom stereocenters. The van der Waals surface area contributed by atoms with E-state index < -0.39 is 18.3 Å². The maximum absolute atomic E-state index is 13.4. The number of rotatable bonds is 9. The molecule has 3 rings (SSSR count). The summed E-state index contributed by atoms with van der Waals surface area (Å²) in [6, 6.07) is 14.0. The van der Waals surface area contributed by atoms with Crippen LogP contribution >= 0.6 is 0 Å². The molecule has 152 valence electrons. The normalized spacial score (nSPS) is 11.0. The molecule has 1 heterocycles. The second-order valence-electron chi connectivity index (χ2n) is 7.14. The van der Waals surface area contributed by atoms with Crippen LogP contribution in [0.25, 0.3) is 10.9 Å². The summed E-state index contributed by atoms with van der Waals surface area (Å²) >= 11 is 0. The predicted octanol–water partition coefficient (Wildman–Crippen LogP) is 4.24. The molecule has 29 heavy (non-hydrogen) atoms. The van der Waals surface area contributed by atoms with Gasteiger partial charge in [0.05, 0.1) is 0 Å². The lowest BCUT2D eigenvalue weighted by molar-refractivity contribution is -0.144. The van der Waals surface area contributed by atoms with Gasteiger partial charge in [0.2, 0.25) is 5.91 Å². The molecule has 3 aromatic rings. The maximum Gasteiger partial charge on any atom is 0.323 e. The van der Waals surface area contributed by atoms with Crippen molar-refractivity contribution < 1.29 is 19.1 Å². The molecule has 0 radical (unpaired) electrons. The number of hydrogen-bond donors (Lipinski definition) is 1. The lowest BCUT2D eigenvalue weighted by Crippen LogP contribution is -2.35. The fourth-order valence-electron chi connectivity index (χ4n) is 3.60. The third-order valence-corrected chi connectivity index (χ3v) is 4.89. The zero-order valence-electron chi connectivity index (χ0n) is 16.5. The first-order valence-electron chi connectivity index (χ1n) is 9.78. The Balaban J connectivity index is 1.74. The Hall–Kier alpha value is -3.15. The minimum atomic E-state index is -1.09. The highest BCUT2D eigenvalue weighted by Crippen LogP contribution is 2.23. The fraction of sp³-hybridized carbons (Fsp3) is 0.304. The van der Waals surface area contributed by atoms with Crippen LogP contribution in [-0.2, 0) is 29.1 Å². The van der Waals surface area contributed by atoms with Crippen LogP contribution in [0.5, 0.6) is 0 Å². The molecule has 0 fully saturated rings. The molecule has 1 amide bonds. The standard InChI is InChI=1S/C23H25FN2O3/c1-2-12-25-15-18(20-8-3-4-9-21(20)25)10-11-22(27)26(16-23(28)29)14-17-6-5-7-19(24)13-17/h3-9,13,15H,2,10-12,14,16H2,1H3,(H,28,29). The summed E-state index contributed by atoms with van der Waals surface area (Å²) in [6.07, 6.45) is 3.81. The van der Waals surface area contributed by atoms with E-state index >= 15 is 0 Å². The molecule has 0 spiro atoms. The van der Waals surface area contributed by atoms with Gasteiger partial charge in [-0.1, -0.05) is 37.3 Å². The number of carbonyl (C=O) groups excluding carboxylic acids is 1. The number of amides is 1. The van der Waals surface area contributed by atoms with Crippen LogP contribution in [0.3, 0.4) is 0 Å². The van der Waals surface area contributed by atoms with Gasteiger partial charge in [0.25, 0.3) is 0 Å². The van der Waals surface area contributed by atoms with Gasteiger partial charge in [0.1, 0.15) is 12.4 Å². The van der Waals surface area contributed by atoms with Crippen molar-refractivity contribution in [1.82, 2.24) is 9.47 Å². The summed E-state index contributed by atoms with van der Waals surface area (Å²) in [7, 11) is 0. The summed E-state index contributed by atoms with van der Waals surface area (Å²) < 4.78 is 15.6. The molecule has 0 unspecified atom stereocenters. The van der Waals surface area contributed by atoms with Crippen LogP contribution < -0.4 is 0 Å². The molecule has 2 aromatic carbocycles. The van der Waals surface area contributed by atoms with Crippen LogP contribution in [0, 0.1) is 5.82 Å². The van der Waals surface area contributed by atoms with Crippen molar-refractivity contribution in [3.63, 3.8) is 0 Å². The third-order valence-electron chi connectivity index (χ3n) is 4.89. The zero-order valence-corrected chi connectivity index (χ0v) is 16.5. The van der Waals surface area contributed by atoms with Gasteiger partial charge in [-0.3, -0.25) is 9.59 Å². The SMILES string of the molecule is CCCn1cc(CCC(=O)N(CC(=O)O)Cc2cccc(F)c2)c2ccccc21. The molecule has 0 bridgehead atoms. The second-order valence-corrected chi connectivity index (χ2v) is 7.14. The molecule has 1 aromatic heterocycles. The molecule has 0 aliphatic carbocycles. The lowest BCUT2D eigenvalue weighted by atomic mass is 10.1. The first kappa shape index (κ1) is 20.6. The van der Waals surface area contributed by atoms with Crippen molar-refractivity contribution in [2.45, 2.75) is 39.3 Å². The molecule has 0 saturated carbocycles. The highest BCUT2D eigenvalue weighted by molar-refractivity contribution is 5.85. The van der Waals surface area contributed by atoms with E-state index in [1.165, 1.54) is 17.0 Å². The Kier molecular flexibility index (Phi) is 6.65. The Labute approximate surface area is 169 Å². The number of carboxylic acids is 1. The number of halogens is 1. The molecule has 6 heteroatoms. The van der Waals surface area contributed by atoms with E-state index in [0.717, 1.165) is 29.4 Å². The van der Waals surface area contributed by atoms with Crippen molar-refractivity contribution in [2.75, 3.05) is 6.54 Å². The predicted molar refractivity (Wildman–Crippen MR) is 110 cm³/mol. The summed E-state index contributed by atoms with van der Waals surface area (Å²) in [5.74, 6) is -1.76. The Morgan fingerprint density at radius 3 is 2.66 bits per heavy atom. The highest BCUT2D eigenvalue weighted by atomic mass is 19.1. The second kappa shape index (κ2) is 9.37. The van der Waals surface area contributed by atoms with Crippen LogP contribution in [0.15, 0.2) is 54.7 Å². The summed E-state index contributed by atoms with van der Waals surface area (Å²) in [5.41, 5.74) is 2.78. The lowest BCUT2D eigenvalue weighted by Gasteiger charge is -2.21. The van der Waals surface area contributed by atoms with E-state index in [-0.39, 0.29) is 18.9 Å². The van der Waals surface area contributed by atoms with E-state index in [0.29, 0.717) is 12.0 Å². The van der Waals surface area contributed by atoms with Crippen LogP contribution in [-0.4, -0.2) is 33.0 Å². The van der Waals surface area contributed by atoms with Crippen molar-refractivity contribution in [3.8, 4) is 0 Å². The maximum atomic E-state index is 13.4. The van der Waals surface area contributed by atoms with E-state index in [1.54, 1.807) is 12.1 Å². The number of nitrogens with zero attached hydrogens (tertiary/aromatic N) is 2. The van der Waals surface area contributed by atoms with E-state index in [1.807, 2.05) is 18.2 Å². The topological polar surface area (TPSA) is 62.5 Å². The monoisotopic (exact) mass is 396 g/mol. The van der Waals surface area contributed by atoms with Crippen molar-refractivity contribution in [3.05, 3.63) is 71.7 Å². The molecular formula is C23H25FN2O3. The Bertz CT molecular complexity index is 1010. The minimum Gasteiger partial charge on any atom is -0.480 e. The van der Waals surface area contributed by atoms with Gasteiger partial charge in [0, 0.05) is 36.6 Å². The number of hydrogen-bond acceptors (Lipinski definition) is 2. The molecule has 0 aliphatic rings. The Morgan fingerprint density at radius 2 is 1.93 bits per heavy atom. The first-order chi connectivity index (χ1) is 14.0. The number of aromatic nitrogens is 1. The van der Waals surface area contributed by atoms with E-state index in [9.17, 15) is 19.1 Å².